The molecule has 2 fully saturated rings. The van der Waals surface area contributed by atoms with Gasteiger partial charge >= 0.3 is 0 Å². The second kappa shape index (κ2) is 8.64. The molecule has 1 aromatic carbocycles. The Labute approximate surface area is 178 Å². The molecular formula is C24H31N3O3. The quantitative estimate of drug-likeness (QED) is 0.764. The standard InChI is InChI=1S/C24H31N3O3/c1-18-5-7-19(8-6-18)24(11-12-24)17-27-13-9-20(10-14-27)25-22(28)16-26(2)23(29)21-4-3-15-30-21/h3-8,15,20H,9-14,16-17H2,1-2H3,(H,25,28). The minimum atomic E-state index is -0.282. The molecule has 1 aliphatic carbocycles. The highest BCUT2D eigenvalue weighted by Gasteiger charge is 2.45. The number of carbonyl (C=O) groups excluding carboxylic acids is 2. The van der Waals surface area contributed by atoms with E-state index in [9.17, 15) is 9.59 Å². The van der Waals surface area contributed by atoms with E-state index in [0.29, 0.717) is 5.41 Å². The first-order valence-electron chi connectivity index (χ1n) is 10.8. The molecule has 0 radical (unpaired) electrons. The van der Waals surface area contributed by atoms with Gasteiger partial charge in [0.2, 0.25) is 5.91 Å². The molecule has 30 heavy (non-hydrogen) atoms. The molecule has 2 amide bonds. The summed E-state index contributed by atoms with van der Waals surface area (Å²) >= 11 is 0. The van der Waals surface area contributed by atoms with Crippen molar-refractivity contribution in [1.82, 2.24) is 15.1 Å². The van der Waals surface area contributed by atoms with E-state index in [1.165, 1.54) is 35.1 Å². The number of benzene rings is 1. The normalized spacial score (nSPS) is 18.7. The third-order valence-corrected chi connectivity index (χ3v) is 6.46. The summed E-state index contributed by atoms with van der Waals surface area (Å²) in [6.07, 6.45) is 5.89. The lowest BCUT2D eigenvalue weighted by atomic mass is 9.93. The van der Waals surface area contributed by atoms with E-state index < -0.39 is 0 Å². The first-order valence-corrected chi connectivity index (χ1v) is 10.8. The molecule has 4 rings (SSSR count). The van der Waals surface area contributed by atoms with Gasteiger partial charge in [-0.25, -0.2) is 0 Å². The number of furan rings is 1. The van der Waals surface area contributed by atoms with Crippen molar-refractivity contribution >= 4 is 11.8 Å². The molecule has 2 heterocycles. The number of likely N-dealkylation sites (N-methyl/N-ethyl adjacent to an activating group) is 1. The zero-order valence-electron chi connectivity index (χ0n) is 17.9. The van der Waals surface area contributed by atoms with Gasteiger partial charge in [-0.1, -0.05) is 29.8 Å². The van der Waals surface area contributed by atoms with Gasteiger partial charge in [0.25, 0.3) is 5.91 Å². The van der Waals surface area contributed by atoms with Gasteiger partial charge in [0.15, 0.2) is 5.76 Å². The molecule has 1 aliphatic heterocycles. The van der Waals surface area contributed by atoms with Gasteiger partial charge in [-0.05, 0) is 50.3 Å². The first-order chi connectivity index (χ1) is 14.4. The average molecular weight is 410 g/mol. The van der Waals surface area contributed by atoms with Crippen LogP contribution in [0.25, 0.3) is 0 Å². The smallest absolute Gasteiger partial charge is 0.289 e. The SMILES string of the molecule is Cc1ccc(C2(CN3CCC(NC(=O)CN(C)C(=O)c4ccco4)CC3)CC2)cc1. The molecule has 160 valence electrons. The topological polar surface area (TPSA) is 65.8 Å². The van der Waals surface area contributed by atoms with Crippen LogP contribution in [0, 0.1) is 6.92 Å². The summed E-state index contributed by atoms with van der Waals surface area (Å²) in [5.74, 6) is -0.147. The molecule has 1 saturated carbocycles. The van der Waals surface area contributed by atoms with E-state index in [4.69, 9.17) is 4.42 Å². The van der Waals surface area contributed by atoms with E-state index >= 15 is 0 Å². The van der Waals surface area contributed by atoms with Crippen molar-refractivity contribution < 1.29 is 14.0 Å². The predicted octanol–water partition coefficient (Wildman–Crippen LogP) is 2.97. The summed E-state index contributed by atoms with van der Waals surface area (Å²) in [5.41, 5.74) is 3.11. The fourth-order valence-corrected chi connectivity index (χ4v) is 4.41. The van der Waals surface area contributed by atoms with Gasteiger partial charge in [0.05, 0.1) is 12.8 Å². The van der Waals surface area contributed by atoms with Crippen LogP contribution in [-0.2, 0) is 10.2 Å². The number of amides is 2. The van der Waals surface area contributed by atoms with E-state index in [0.717, 1.165) is 32.5 Å². The summed E-state index contributed by atoms with van der Waals surface area (Å²) < 4.78 is 5.11. The van der Waals surface area contributed by atoms with Crippen LogP contribution in [-0.4, -0.2) is 60.9 Å². The minimum absolute atomic E-state index is 0.0380. The highest BCUT2D eigenvalue weighted by Crippen LogP contribution is 2.49. The Morgan fingerprint density at radius 3 is 2.47 bits per heavy atom. The molecule has 0 bridgehead atoms. The van der Waals surface area contributed by atoms with Crippen LogP contribution in [0.15, 0.2) is 47.1 Å². The Hall–Kier alpha value is -2.60. The molecule has 6 nitrogen and oxygen atoms in total. The van der Waals surface area contributed by atoms with Gasteiger partial charge in [-0.3, -0.25) is 9.59 Å². The van der Waals surface area contributed by atoms with E-state index in [1.54, 1.807) is 19.2 Å². The van der Waals surface area contributed by atoms with Crippen molar-refractivity contribution in [2.24, 2.45) is 0 Å². The highest BCUT2D eigenvalue weighted by molar-refractivity contribution is 5.94. The van der Waals surface area contributed by atoms with Crippen molar-refractivity contribution in [3.8, 4) is 0 Å². The zero-order chi connectivity index (χ0) is 21.1. The van der Waals surface area contributed by atoms with Crippen molar-refractivity contribution in [2.45, 2.75) is 44.1 Å². The van der Waals surface area contributed by atoms with Gasteiger partial charge in [0.1, 0.15) is 0 Å². The van der Waals surface area contributed by atoms with Crippen molar-refractivity contribution in [3.63, 3.8) is 0 Å². The van der Waals surface area contributed by atoms with Crippen molar-refractivity contribution in [1.29, 1.82) is 0 Å². The van der Waals surface area contributed by atoms with Crippen molar-refractivity contribution in [2.75, 3.05) is 33.2 Å². The summed E-state index contributed by atoms with van der Waals surface area (Å²) in [7, 11) is 1.62. The van der Waals surface area contributed by atoms with Gasteiger partial charge in [-0.2, -0.15) is 0 Å². The second-order valence-corrected chi connectivity index (χ2v) is 8.90. The van der Waals surface area contributed by atoms with Crippen LogP contribution < -0.4 is 5.32 Å². The highest BCUT2D eigenvalue weighted by atomic mass is 16.3. The Bertz CT molecular complexity index is 864. The third kappa shape index (κ3) is 4.75. The number of carbonyl (C=O) groups is 2. The molecule has 2 aromatic rings. The monoisotopic (exact) mass is 409 g/mol. The molecule has 2 aliphatic rings. The molecule has 1 aromatic heterocycles. The van der Waals surface area contributed by atoms with E-state index in [2.05, 4.69) is 41.4 Å². The number of hydrogen-bond donors (Lipinski definition) is 1. The van der Waals surface area contributed by atoms with Gasteiger partial charge in [-0.15, -0.1) is 0 Å². The second-order valence-electron chi connectivity index (χ2n) is 8.90. The third-order valence-electron chi connectivity index (χ3n) is 6.46. The molecule has 0 unspecified atom stereocenters. The number of piperidine rings is 1. The first kappa shape index (κ1) is 20.7. The number of rotatable bonds is 7. The largest absolute Gasteiger partial charge is 0.459 e. The lowest BCUT2D eigenvalue weighted by molar-refractivity contribution is -0.122. The van der Waals surface area contributed by atoms with Crippen molar-refractivity contribution in [3.05, 3.63) is 59.5 Å². The average Bonchev–Trinajstić information content (AvgIpc) is 3.30. The Morgan fingerprint density at radius 2 is 1.87 bits per heavy atom. The summed E-state index contributed by atoms with van der Waals surface area (Å²) in [6, 6.07) is 12.5. The Morgan fingerprint density at radius 1 is 1.17 bits per heavy atom. The van der Waals surface area contributed by atoms with E-state index in [-0.39, 0.29) is 30.2 Å². The van der Waals surface area contributed by atoms with Crippen LogP contribution in [0.4, 0.5) is 0 Å². The maximum atomic E-state index is 12.4. The maximum absolute atomic E-state index is 12.4. The summed E-state index contributed by atoms with van der Waals surface area (Å²) in [6.45, 7) is 5.28. The molecule has 1 saturated heterocycles. The number of nitrogens with zero attached hydrogens (tertiary/aromatic N) is 2. The lowest BCUT2D eigenvalue weighted by Gasteiger charge is -2.35. The summed E-state index contributed by atoms with van der Waals surface area (Å²) in [5, 5.41) is 3.10. The number of nitrogens with one attached hydrogen (secondary N) is 1. The molecule has 1 N–H and O–H groups in total. The minimum Gasteiger partial charge on any atom is -0.459 e. The van der Waals surface area contributed by atoms with Crippen LogP contribution in [0.5, 0.6) is 0 Å². The summed E-state index contributed by atoms with van der Waals surface area (Å²) in [4.78, 5) is 28.5. The number of aryl methyl sites for hydroxylation is 1. The molecule has 0 atom stereocenters. The van der Waals surface area contributed by atoms with Crippen LogP contribution >= 0.6 is 0 Å². The Balaban J connectivity index is 1.21. The molecule has 0 spiro atoms. The maximum Gasteiger partial charge on any atom is 0.289 e. The number of likely N-dealkylation sites (tertiary alicyclic amines) is 1. The van der Waals surface area contributed by atoms with Crippen LogP contribution in [0.3, 0.4) is 0 Å². The zero-order valence-corrected chi connectivity index (χ0v) is 17.9. The number of hydrogen-bond acceptors (Lipinski definition) is 4. The molecule has 6 heteroatoms. The Kier molecular flexibility index (Phi) is 5.95. The fourth-order valence-electron chi connectivity index (χ4n) is 4.41. The van der Waals surface area contributed by atoms with Gasteiger partial charge in [0, 0.05) is 38.1 Å². The van der Waals surface area contributed by atoms with Crippen LogP contribution in [0.2, 0.25) is 0 Å². The lowest BCUT2D eigenvalue weighted by Crippen LogP contribution is -2.48. The van der Waals surface area contributed by atoms with Gasteiger partial charge < -0.3 is 19.5 Å². The predicted molar refractivity (Wildman–Crippen MR) is 115 cm³/mol. The fraction of sp³-hybridized carbons (Fsp3) is 0.500. The molecular weight excluding hydrogens is 378 g/mol. The van der Waals surface area contributed by atoms with Crippen LogP contribution in [0.1, 0.15) is 47.4 Å². The van der Waals surface area contributed by atoms with E-state index in [1.807, 2.05) is 0 Å².